The van der Waals surface area contributed by atoms with Crippen LogP contribution in [0.4, 0.5) is 0 Å². The lowest BCUT2D eigenvalue weighted by Crippen LogP contribution is -2.01. The molecule has 0 saturated carbocycles. The van der Waals surface area contributed by atoms with Gasteiger partial charge in [-0.25, -0.2) is 9.97 Å². The summed E-state index contributed by atoms with van der Waals surface area (Å²) >= 11 is 0. The van der Waals surface area contributed by atoms with Gasteiger partial charge in [-0.3, -0.25) is 0 Å². The molecule has 4 nitrogen and oxygen atoms in total. The van der Waals surface area contributed by atoms with Crippen LogP contribution in [0.25, 0.3) is 44.4 Å². The van der Waals surface area contributed by atoms with Crippen LogP contribution in [0.1, 0.15) is 133 Å². The summed E-state index contributed by atoms with van der Waals surface area (Å²) in [4.78, 5) is 14.8. The third-order valence-corrected chi connectivity index (χ3v) is 9.47. The third kappa shape index (κ3) is 4.68. The van der Waals surface area contributed by atoms with Gasteiger partial charge in [-0.05, 0) is 116 Å². The Kier molecular flexibility index (Phi) is 8.92. The minimum absolute atomic E-state index is 0.915. The summed E-state index contributed by atoms with van der Waals surface area (Å²) in [5.74, 6) is 0. The van der Waals surface area contributed by atoms with E-state index in [1.54, 1.807) is 0 Å². The molecule has 0 amide bonds. The standard InChI is InChI=1S/C38H50N4/c1-10-25-27(12-3)35-31(16-7)36-28(13-4)29(14-5)37(41-36)32(17-8)38-30(15-6)26(11-2)34(42(38)18-9)22-24-20-19-23(39-24)21-33(25)40-35/h19-22,39H,10-18H2,1-9H3. The van der Waals surface area contributed by atoms with Crippen LogP contribution < -0.4 is 0 Å². The van der Waals surface area contributed by atoms with E-state index in [0.717, 1.165) is 80.3 Å². The lowest BCUT2D eigenvalue weighted by molar-refractivity contribution is 0.815. The third-order valence-electron chi connectivity index (χ3n) is 9.47. The van der Waals surface area contributed by atoms with E-state index in [4.69, 9.17) is 9.97 Å². The SMILES string of the molecule is CCC1=C(CC)c2nc1cc1ccc(cc3c(CC)c(CC)c(c(CC)c4nc(c2CC)C(CC)=C4CC)n3CC)[nH]1. The molecule has 3 aromatic heterocycles. The quantitative estimate of drug-likeness (QED) is 0.282. The Balaban J connectivity index is 2.14. The van der Waals surface area contributed by atoms with E-state index in [9.17, 15) is 0 Å². The van der Waals surface area contributed by atoms with Gasteiger partial charge in [0.2, 0.25) is 0 Å². The van der Waals surface area contributed by atoms with Crippen molar-refractivity contribution in [1.29, 1.82) is 0 Å². The molecule has 0 atom stereocenters. The zero-order valence-electron chi connectivity index (χ0n) is 27.5. The van der Waals surface area contributed by atoms with E-state index in [1.807, 2.05) is 0 Å². The van der Waals surface area contributed by atoms with Crippen LogP contribution in [0.15, 0.2) is 24.3 Å². The zero-order valence-corrected chi connectivity index (χ0v) is 27.5. The van der Waals surface area contributed by atoms with Crippen LogP contribution in [0.2, 0.25) is 0 Å². The van der Waals surface area contributed by atoms with Gasteiger partial charge in [-0.15, -0.1) is 0 Å². The smallest absolute Gasteiger partial charge is 0.0726 e. The molecular formula is C38H50N4. The predicted octanol–water partition coefficient (Wildman–Crippen LogP) is 10.5. The molecule has 0 radical (unpaired) electrons. The molecule has 0 aromatic carbocycles. The first-order chi connectivity index (χ1) is 20.4. The topological polar surface area (TPSA) is 46.5 Å². The highest BCUT2D eigenvalue weighted by molar-refractivity contribution is 5.98. The van der Waals surface area contributed by atoms with Crippen molar-refractivity contribution in [2.24, 2.45) is 0 Å². The van der Waals surface area contributed by atoms with E-state index in [1.165, 1.54) is 67.0 Å². The van der Waals surface area contributed by atoms with Gasteiger partial charge in [0.1, 0.15) is 0 Å². The molecule has 3 aromatic rings. The van der Waals surface area contributed by atoms with Gasteiger partial charge in [0.05, 0.1) is 28.3 Å². The Hall–Kier alpha value is -3.40. The number of allylic oxidation sites excluding steroid dienone is 4. The molecule has 2 aliphatic heterocycles. The molecule has 1 N–H and O–H groups in total. The average molecular weight is 563 g/mol. The molecule has 0 saturated heterocycles. The van der Waals surface area contributed by atoms with Crippen molar-refractivity contribution in [3.05, 3.63) is 69.3 Å². The van der Waals surface area contributed by atoms with Crippen LogP contribution in [0, 0.1) is 0 Å². The molecule has 4 heteroatoms. The molecule has 42 heavy (non-hydrogen) atoms. The summed E-state index contributed by atoms with van der Waals surface area (Å²) in [5, 5.41) is 0. The molecule has 0 fully saturated rings. The zero-order chi connectivity index (χ0) is 30.1. The van der Waals surface area contributed by atoms with Gasteiger partial charge in [0.15, 0.2) is 0 Å². The highest BCUT2D eigenvalue weighted by Crippen LogP contribution is 2.43. The van der Waals surface area contributed by atoms with Gasteiger partial charge in [0.25, 0.3) is 0 Å². The summed E-state index contributed by atoms with van der Waals surface area (Å²) in [6, 6.07) is 9.05. The number of aromatic nitrogens is 4. The van der Waals surface area contributed by atoms with Crippen LogP contribution in [0.3, 0.4) is 0 Å². The minimum atomic E-state index is 0.915. The first-order valence-corrected chi connectivity index (χ1v) is 16.7. The number of nitrogens with one attached hydrogen (secondary N) is 1. The van der Waals surface area contributed by atoms with Crippen molar-refractivity contribution in [3.63, 3.8) is 0 Å². The van der Waals surface area contributed by atoms with Gasteiger partial charge >= 0.3 is 0 Å². The summed E-state index contributed by atoms with van der Waals surface area (Å²) in [6.07, 6.45) is 7.80. The fraction of sp³-hybridized carbons (Fsp3) is 0.474. The molecule has 8 bridgehead atoms. The lowest BCUT2D eigenvalue weighted by atomic mass is 9.92. The van der Waals surface area contributed by atoms with Crippen molar-refractivity contribution in [1.82, 2.24) is 19.5 Å². The fourth-order valence-corrected chi connectivity index (χ4v) is 7.64. The summed E-state index contributed by atoms with van der Waals surface area (Å²) in [7, 11) is 0. The number of H-pyrrole nitrogens is 1. The minimum Gasteiger partial charge on any atom is -0.355 e. The second kappa shape index (κ2) is 12.5. The molecule has 222 valence electrons. The fourth-order valence-electron chi connectivity index (χ4n) is 7.64. The maximum atomic E-state index is 5.65. The van der Waals surface area contributed by atoms with E-state index < -0.39 is 0 Å². The first kappa shape index (κ1) is 30.1. The molecular weight excluding hydrogens is 512 g/mol. The van der Waals surface area contributed by atoms with Crippen molar-refractivity contribution in [2.75, 3.05) is 0 Å². The monoisotopic (exact) mass is 562 g/mol. The maximum Gasteiger partial charge on any atom is 0.0726 e. The Morgan fingerprint density at radius 3 is 1.55 bits per heavy atom. The first-order valence-electron chi connectivity index (χ1n) is 16.7. The average Bonchev–Trinajstić information content (AvgIpc) is 3.76. The maximum absolute atomic E-state index is 5.65. The summed E-state index contributed by atoms with van der Waals surface area (Å²) in [5.41, 5.74) is 20.9. The van der Waals surface area contributed by atoms with Crippen LogP contribution in [-0.4, -0.2) is 19.5 Å². The van der Waals surface area contributed by atoms with Gasteiger partial charge in [-0.2, -0.15) is 0 Å². The second-order valence-corrected chi connectivity index (χ2v) is 11.4. The van der Waals surface area contributed by atoms with Gasteiger partial charge < -0.3 is 9.55 Å². The number of aromatic amines is 1. The highest BCUT2D eigenvalue weighted by atomic mass is 15.0. The van der Waals surface area contributed by atoms with Crippen LogP contribution in [0.5, 0.6) is 0 Å². The summed E-state index contributed by atoms with van der Waals surface area (Å²) < 4.78 is 2.57. The largest absolute Gasteiger partial charge is 0.355 e. The second-order valence-electron chi connectivity index (χ2n) is 11.4. The van der Waals surface area contributed by atoms with Crippen molar-refractivity contribution < 1.29 is 0 Å². The van der Waals surface area contributed by atoms with Crippen LogP contribution >= 0.6 is 0 Å². The van der Waals surface area contributed by atoms with E-state index in [0.29, 0.717) is 0 Å². The van der Waals surface area contributed by atoms with E-state index in [2.05, 4.69) is 96.1 Å². The Morgan fingerprint density at radius 2 is 1.02 bits per heavy atom. The normalized spacial score (nSPS) is 13.5. The van der Waals surface area contributed by atoms with Crippen molar-refractivity contribution in [2.45, 2.75) is 120 Å². The number of hydrogen-bond donors (Lipinski definition) is 1. The molecule has 0 aliphatic carbocycles. The number of fused-ring (bicyclic) bond motifs is 8. The van der Waals surface area contributed by atoms with E-state index >= 15 is 0 Å². The highest BCUT2D eigenvalue weighted by Gasteiger charge is 2.28. The number of hydrogen-bond acceptors (Lipinski definition) is 2. The molecule has 0 unspecified atom stereocenters. The Labute approximate surface area is 253 Å². The van der Waals surface area contributed by atoms with Gasteiger partial charge in [0, 0.05) is 34.2 Å². The van der Waals surface area contributed by atoms with Gasteiger partial charge in [-0.1, -0.05) is 55.4 Å². The Morgan fingerprint density at radius 1 is 0.524 bits per heavy atom. The number of rotatable bonds is 9. The van der Waals surface area contributed by atoms with E-state index in [-0.39, 0.29) is 0 Å². The number of aryl methyl sites for hydroxylation is 4. The molecule has 5 heterocycles. The summed E-state index contributed by atoms with van der Waals surface area (Å²) in [6.45, 7) is 21.6. The lowest BCUT2D eigenvalue weighted by Gasteiger charge is -2.12. The predicted molar refractivity (Wildman–Crippen MR) is 183 cm³/mol. The molecule has 0 spiro atoms. The Bertz CT molecular complexity index is 1740. The van der Waals surface area contributed by atoms with Crippen LogP contribution in [-0.2, 0) is 32.2 Å². The van der Waals surface area contributed by atoms with Crippen molar-refractivity contribution >= 4 is 44.4 Å². The molecule has 2 aliphatic rings. The van der Waals surface area contributed by atoms with Crippen molar-refractivity contribution in [3.8, 4) is 0 Å². The number of nitrogens with zero attached hydrogens (tertiary/aromatic N) is 3. The molecule has 5 rings (SSSR count).